The first-order chi connectivity index (χ1) is 10.5. The van der Waals surface area contributed by atoms with Crippen LogP contribution in [-0.2, 0) is 9.53 Å². The Balaban J connectivity index is 2.26. The second-order valence-electron chi connectivity index (χ2n) is 4.58. The van der Waals surface area contributed by atoms with Crippen molar-refractivity contribution in [2.45, 2.75) is 13.8 Å². The van der Waals surface area contributed by atoms with Crippen molar-refractivity contribution in [3.8, 4) is 5.75 Å². The van der Waals surface area contributed by atoms with Gasteiger partial charge in [-0.2, -0.15) is 0 Å². The highest BCUT2D eigenvalue weighted by Gasteiger charge is 2.21. The highest BCUT2D eigenvalue weighted by molar-refractivity contribution is 6.04. The van der Waals surface area contributed by atoms with Crippen LogP contribution in [0.1, 0.15) is 33.2 Å². The predicted octanol–water partition coefficient (Wildman–Crippen LogP) is 2.92. The van der Waals surface area contributed by atoms with E-state index in [-0.39, 0.29) is 16.9 Å². The quantitative estimate of drug-likeness (QED) is 0.495. The lowest BCUT2D eigenvalue weighted by molar-refractivity contribution is -0.131. The van der Waals surface area contributed by atoms with Crippen LogP contribution >= 0.6 is 0 Å². The summed E-state index contributed by atoms with van der Waals surface area (Å²) in [6.07, 6.45) is 0. The molecule has 0 atom stereocenters. The van der Waals surface area contributed by atoms with E-state index in [0.29, 0.717) is 5.56 Å². The summed E-state index contributed by atoms with van der Waals surface area (Å²) in [7, 11) is 0. The first-order valence-corrected chi connectivity index (χ1v) is 6.58. The summed E-state index contributed by atoms with van der Waals surface area (Å²) < 4.78 is 9.84. The molecule has 5 heteroatoms. The monoisotopic (exact) mass is 298 g/mol. The summed E-state index contributed by atoms with van der Waals surface area (Å²) in [5.41, 5.74) is 0.866. The average Bonchev–Trinajstić information content (AvgIpc) is 2.47. The Hall–Kier alpha value is -2.95. The van der Waals surface area contributed by atoms with Crippen molar-refractivity contribution in [2.75, 3.05) is 0 Å². The van der Waals surface area contributed by atoms with Crippen molar-refractivity contribution >= 4 is 17.9 Å². The van der Waals surface area contributed by atoms with Crippen molar-refractivity contribution in [2.24, 2.45) is 0 Å². The number of ether oxygens (including phenoxy) is 2. The summed E-state index contributed by atoms with van der Waals surface area (Å²) in [6, 6.07) is 12.9. The maximum absolute atomic E-state index is 12.2. The van der Waals surface area contributed by atoms with E-state index < -0.39 is 17.9 Å². The molecule has 22 heavy (non-hydrogen) atoms. The van der Waals surface area contributed by atoms with Crippen LogP contribution in [-0.4, -0.2) is 17.9 Å². The first-order valence-electron chi connectivity index (χ1n) is 6.58. The van der Waals surface area contributed by atoms with Gasteiger partial charge in [-0.05, 0) is 30.7 Å². The second kappa shape index (κ2) is 6.67. The molecule has 0 unspecified atom stereocenters. The van der Waals surface area contributed by atoms with Crippen molar-refractivity contribution in [1.82, 2.24) is 0 Å². The molecule has 2 aromatic rings. The summed E-state index contributed by atoms with van der Waals surface area (Å²) >= 11 is 0. The first kappa shape index (κ1) is 15.4. The maximum Gasteiger partial charge on any atom is 0.350 e. The summed E-state index contributed by atoms with van der Waals surface area (Å²) in [5, 5.41) is 0. The van der Waals surface area contributed by atoms with Crippen molar-refractivity contribution < 1.29 is 23.9 Å². The molecule has 0 saturated carbocycles. The molecule has 0 N–H and O–H groups in total. The largest absolute Gasteiger partial charge is 0.426 e. The third-order valence-corrected chi connectivity index (χ3v) is 2.89. The van der Waals surface area contributed by atoms with Crippen LogP contribution in [0.25, 0.3) is 0 Å². The topological polar surface area (TPSA) is 69.7 Å². The molecule has 0 saturated heterocycles. The fourth-order valence-electron chi connectivity index (χ4n) is 1.91. The zero-order valence-electron chi connectivity index (χ0n) is 12.2. The number of hydrogen-bond acceptors (Lipinski definition) is 5. The fraction of sp³-hybridized carbons (Fsp3) is 0.118. The molecule has 0 aromatic heterocycles. The molecule has 112 valence electrons. The van der Waals surface area contributed by atoms with Gasteiger partial charge in [-0.3, -0.25) is 4.79 Å². The fourth-order valence-corrected chi connectivity index (χ4v) is 1.91. The van der Waals surface area contributed by atoms with E-state index in [0.717, 1.165) is 0 Å². The minimum atomic E-state index is -0.858. The van der Waals surface area contributed by atoms with Gasteiger partial charge in [0.1, 0.15) is 11.3 Å². The van der Waals surface area contributed by atoms with Crippen LogP contribution in [0.2, 0.25) is 0 Å². The highest BCUT2D eigenvalue weighted by atomic mass is 16.6. The van der Waals surface area contributed by atoms with Crippen LogP contribution in [0, 0.1) is 6.92 Å². The van der Waals surface area contributed by atoms with Crippen molar-refractivity contribution in [1.29, 1.82) is 0 Å². The SMILES string of the molecule is CC(=O)Oc1cccc(C)c1C(=O)OC(=O)c1ccccc1. The smallest absolute Gasteiger partial charge is 0.350 e. The zero-order valence-corrected chi connectivity index (χ0v) is 12.2. The van der Waals surface area contributed by atoms with E-state index in [1.54, 1.807) is 49.4 Å². The molecule has 0 heterocycles. The van der Waals surface area contributed by atoms with Crippen LogP contribution in [0.5, 0.6) is 5.75 Å². The van der Waals surface area contributed by atoms with Gasteiger partial charge in [0, 0.05) is 6.92 Å². The van der Waals surface area contributed by atoms with Crippen LogP contribution < -0.4 is 4.74 Å². The van der Waals surface area contributed by atoms with Crippen LogP contribution in [0.15, 0.2) is 48.5 Å². The number of aryl methyl sites for hydroxylation is 1. The van der Waals surface area contributed by atoms with Gasteiger partial charge in [-0.25, -0.2) is 9.59 Å². The number of esters is 3. The molecule has 0 spiro atoms. The van der Waals surface area contributed by atoms with Crippen LogP contribution in [0.3, 0.4) is 0 Å². The van der Waals surface area contributed by atoms with E-state index in [2.05, 4.69) is 0 Å². The number of benzene rings is 2. The lowest BCUT2D eigenvalue weighted by atomic mass is 10.1. The Morgan fingerprint density at radius 2 is 1.55 bits per heavy atom. The Kier molecular flexibility index (Phi) is 4.68. The average molecular weight is 298 g/mol. The summed E-state index contributed by atoms with van der Waals surface area (Å²) in [4.78, 5) is 35.2. The predicted molar refractivity (Wildman–Crippen MR) is 78.7 cm³/mol. The summed E-state index contributed by atoms with van der Waals surface area (Å²) in [5.74, 6) is -2.11. The van der Waals surface area contributed by atoms with Crippen molar-refractivity contribution in [3.05, 3.63) is 65.2 Å². The number of hydrogen-bond donors (Lipinski definition) is 0. The number of carbonyl (C=O) groups excluding carboxylic acids is 3. The maximum atomic E-state index is 12.2. The van der Waals surface area contributed by atoms with Gasteiger partial charge in [-0.15, -0.1) is 0 Å². The Bertz CT molecular complexity index is 719. The third-order valence-electron chi connectivity index (χ3n) is 2.89. The molecular weight excluding hydrogens is 284 g/mol. The summed E-state index contributed by atoms with van der Waals surface area (Å²) in [6.45, 7) is 2.89. The van der Waals surface area contributed by atoms with Crippen molar-refractivity contribution in [3.63, 3.8) is 0 Å². The molecule has 0 aliphatic heterocycles. The molecule has 0 radical (unpaired) electrons. The molecule has 0 bridgehead atoms. The molecule has 0 aliphatic rings. The van der Waals surface area contributed by atoms with E-state index in [9.17, 15) is 14.4 Å². The zero-order chi connectivity index (χ0) is 16.1. The van der Waals surface area contributed by atoms with Gasteiger partial charge in [0.05, 0.1) is 5.56 Å². The van der Waals surface area contributed by atoms with Gasteiger partial charge in [-0.1, -0.05) is 30.3 Å². The molecule has 0 fully saturated rings. The molecular formula is C17H14O5. The minimum Gasteiger partial charge on any atom is -0.426 e. The Morgan fingerprint density at radius 3 is 2.18 bits per heavy atom. The molecule has 0 aliphatic carbocycles. The van der Waals surface area contributed by atoms with Crippen LogP contribution in [0.4, 0.5) is 0 Å². The van der Waals surface area contributed by atoms with Gasteiger partial charge in [0.2, 0.25) is 0 Å². The molecule has 2 aromatic carbocycles. The second-order valence-corrected chi connectivity index (χ2v) is 4.58. The number of rotatable bonds is 3. The molecule has 2 rings (SSSR count). The van der Waals surface area contributed by atoms with Gasteiger partial charge < -0.3 is 9.47 Å². The van der Waals surface area contributed by atoms with Gasteiger partial charge >= 0.3 is 17.9 Å². The minimum absolute atomic E-state index is 0.0574. The highest BCUT2D eigenvalue weighted by Crippen LogP contribution is 2.23. The number of carbonyl (C=O) groups is 3. The lowest BCUT2D eigenvalue weighted by Crippen LogP contribution is -2.16. The van der Waals surface area contributed by atoms with E-state index in [4.69, 9.17) is 9.47 Å². The standard InChI is InChI=1S/C17H14O5/c1-11-7-6-10-14(21-12(2)18)15(11)17(20)22-16(19)13-8-4-3-5-9-13/h3-10H,1-2H3. The van der Waals surface area contributed by atoms with E-state index in [1.165, 1.54) is 13.0 Å². The molecule has 5 nitrogen and oxygen atoms in total. The lowest BCUT2D eigenvalue weighted by Gasteiger charge is -2.10. The van der Waals surface area contributed by atoms with E-state index in [1.807, 2.05) is 0 Å². The van der Waals surface area contributed by atoms with Gasteiger partial charge in [0.25, 0.3) is 0 Å². The normalized spacial score (nSPS) is 9.91. The molecule has 0 amide bonds. The van der Waals surface area contributed by atoms with Gasteiger partial charge in [0.15, 0.2) is 0 Å². The Labute approximate surface area is 127 Å². The third kappa shape index (κ3) is 3.58. The van der Waals surface area contributed by atoms with E-state index >= 15 is 0 Å². The Morgan fingerprint density at radius 1 is 0.864 bits per heavy atom.